The predicted molar refractivity (Wildman–Crippen MR) is 131 cm³/mol. The van der Waals surface area contributed by atoms with E-state index in [2.05, 4.69) is 28.3 Å². The summed E-state index contributed by atoms with van der Waals surface area (Å²) in [7, 11) is 1.62. The lowest BCUT2D eigenvalue weighted by atomic mass is 9.95. The lowest BCUT2D eigenvalue weighted by Gasteiger charge is -2.22. The van der Waals surface area contributed by atoms with Gasteiger partial charge in [0, 0.05) is 29.1 Å². The van der Waals surface area contributed by atoms with Crippen LogP contribution in [-0.4, -0.2) is 30.6 Å². The summed E-state index contributed by atoms with van der Waals surface area (Å²) in [6.45, 7) is 4.07. The molecule has 0 aliphatic heterocycles. The van der Waals surface area contributed by atoms with E-state index < -0.39 is 0 Å². The number of hydrogen-bond donors (Lipinski definition) is 2. The highest BCUT2D eigenvalue weighted by Gasteiger charge is 2.18. The molecule has 1 aliphatic rings. The highest BCUT2D eigenvalue weighted by atomic mass is 16.5. The van der Waals surface area contributed by atoms with E-state index in [-0.39, 0.29) is 11.9 Å². The quantitative estimate of drug-likeness (QED) is 0.476. The summed E-state index contributed by atoms with van der Waals surface area (Å²) >= 11 is 0. The molecule has 1 aromatic heterocycles. The molecular weight excluding hydrogens is 412 g/mol. The Labute approximate surface area is 194 Å². The van der Waals surface area contributed by atoms with Gasteiger partial charge in [0.05, 0.1) is 24.6 Å². The zero-order valence-corrected chi connectivity index (χ0v) is 18.9. The summed E-state index contributed by atoms with van der Waals surface area (Å²) in [5, 5.41) is 17.4. The maximum absolute atomic E-state index is 12.8. The van der Waals surface area contributed by atoms with E-state index in [1.165, 1.54) is 6.42 Å². The zero-order chi connectivity index (χ0) is 23.2. The number of methoxy groups -OCH3 is 1. The molecule has 3 aromatic rings. The minimum atomic E-state index is -0.122. The van der Waals surface area contributed by atoms with Gasteiger partial charge in [0.25, 0.3) is 5.91 Å². The summed E-state index contributed by atoms with van der Waals surface area (Å²) in [4.78, 5) is 17.4. The van der Waals surface area contributed by atoms with Gasteiger partial charge in [-0.25, -0.2) is 4.98 Å². The van der Waals surface area contributed by atoms with Gasteiger partial charge in [-0.1, -0.05) is 50.1 Å². The van der Waals surface area contributed by atoms with Crippen LogP contribution in [0.15, 0.2) is 60.7 Å². The molecular formula is C27H28N4O2. The number of fused-ring (bicyclic) bond motifs is 1. The minimum absolute atomic E-state index is 0.122. The molecule has 1 saturated carbocycles. The van der Waals surface area contributed by atoms with Gasteiger partial charge in [0.2, 0.25) is 0 Å². The molecule has 1 amide bonds. The fourth-order valence-corrected chi connectivity index (χ4v) is 4.27. The summed E-state index contributed by atoms with van der Waals surface area (Å²) in [5.74, 6) is 0.558. The van der Waals surface area contributed by atoms with Crippen LogP contribution in [0.3, 0.4) is 0 Å². The number of amides is 1. The Hall–Kier alpha value is -3.85. The highest BCUT2D eigenvalue weighted by molar-refractivity contribution is 5.99. The Morgan fingerprint density at radius 2 is 1.97 bits per heavy atom. The standard InChI is InChI=1S/C27H28N4O2/c1-18(16-28)17-29-26-22-15-20(12-11-19(22)13-14-25(26)33-2)23-9-6-10-24(31-23)27(32)30-21-7-4-3-5-8-21/h6,9-15,21,29H,1,3-5,7-8,17H2,2H3,(H,30,32). The van der Waals surface area contributed by atoms with Gasteiger partial charge < -0.3 is 15.4 Å². The van der Waals surface area contributed by atoms with Crippen LogP contribution in [-0.2, 0) is 0 Å². The fraction of sp³-hybridized carbons (Fsp3) is 0.296. The van der Waals surface area contributed by atoms with Crippen molar-refractivity contribution in [3.05, 3.63) is 66.4 Å². The molecule has 1 aliphatic carbocycles. The Kier molecular flexibility index (Phi) is 6.89. The Balaban J connectivity index is 1.65. The molecule has 2 N–H and O–H groups in total. The van der Waals surface area contributed by atoms with Gasteiger partial charge in [0.1, 0.15) is 11.4 Å². The molecule has 2 aromatic carbocycles. The number of carbonyl (C=O) groups is 1. The van der Waals surface area contributed by atoms with Crippen molar-refractivity contribution in [3.8, 4) is 23.1 Å². The molecule has 6 nitrogen and oxygen atoms in total. The monoisotopic (exact) mass is 440 g/mol. The van der Waals surface area contributed by atoms with E-state index in [1.807, 2.05) is 42.5 Å². The van der Waals surface area contributed by atoms with E-state index >= 15 is 0 Å². The van der Waals surface area contributed by atoms with E-state index in [4.69, 9.17) is 10.00 Å². The third-order valence-electron chi connectivity index (χ3n) is 6.06. The van der Waals surface area contributed by atoms with Crippen molar-refractivity contribution in [2.45, 2.75) is 38.1 Å². The maximum atomic E-state index is 12.8. The molecule has 0 bridgehead atoms. The second-order valence-corrected chi connectivity index (χ2v) is 8.36. The summed E-state index contributed by atoms with van der Waals surface area (Å²) in [5.41, 5.74) is 3.27. The summed E-state index contributed by atoms with van der Waals surface area (Å²) in [6, 6.07) is 17.8. The van der Waals surface area contributed by atoms with Crippen LogP contribution in [0.25, 0.3) is 22.0 Å². The van der Waals surface area contributed by atoms with E-state index in [0.29, 0.717) is 23.6 Å². The predicted octanol–water partition coefficient (Wildman–Crippen LogP) is 5.46. The average molecular weight is 441 g/mol. The van der Waals surface area contributed by atoms with Crippen LogP contribution in [0.4, 0.5) is 5.69 Å². The average Bonchev–Trinajstić information content (AvgIpc) is 2.87. The number of anilines is 1. The summed E-state index contributed by atoms with van der Waals surface area (Å²) < 4.78 is 5.54. The molecule has 1 heterocycles. The number of pyridine rings is 1. The van der Waals surface area contributed by atoms with Crippen molar-refractivity contribution in [2.24, 2.45) is 0 Å². The molecule has 168 valence electrons. The molecule has 33 heavy (non-hydrogen) atoms. The molecule has 0 radical (unpaired) electrons. The van der Waals surface area contributed by atoms with E-state index in [0.717, 1.165) is 53.4 Å². The van der Waals surface area contributed by atoms with Gasteiger partial charge in [-0.2, -0.15) is 5.26 Å². The van der Waals surface area contributed by atoms with Gasteiger partial charge >= 0.3 is 0 Å². The zero-order valence-electron chi connectivity index (χ0n) is 18.9. The number of benzene rings is 2. The SMILES string of the molecule is C=C(C#N)CNc1c(OC)ccc2ccc(-c3cccc(C(=O)NC4CCCCC4)n3)cc12. The Morgan fingerprint density at radius 1 is 1.18 bits per heavy atom. The lowest BCUT2D eigenvalue weighted by Crippen LogP contribution is -2.36. The molecule has 4 rings (SSSR count). The van der Waals surface area contributed by atoms with Crippen molar-refractivity contribution >= 4 is 22.4 Å². The number of carbonyl (C=O) groups excluding carboxylic acids is 1. The largest absolute Gasteiger partial charge is 0.495 e. The third-order valence-corrected chi connectivity index (χ3v) is 6.06. The number of nitrogens with zero attached hydrogens (tertiary/aromatic N) is 2. The Morgan fingerprint density at radius 3 is 2.73 bits per heavy atom. The molecule has 0 spiro atoms. The van der Waals surface area contributed by atoms with E-state index in [9.17, 15) is 4.79 Å². The van der Waals surface area contributed by atoms with Crippen molar-refractivity contribution in [1.82, 2.24) is 10.3 Å². The van der Waals surface area contributed by atoms with Crippen molar-refractivity contribution in [2.75, 3.05) is 19.0 Å². The van der Waals surface area contributed by atoms with Crippen LogP contribution >= 0.6 is 0 Å². The van der Waals surface area contributed by atoms with Gasteiger partial charge in [0.15, 0.2) is 0 Å². The second kappa shape index (κ2) is 10.2. The maximum Gasteiger partial charge on any atom is 0.270 e. The first kappa shape index (κ1) is 22.3. The second-order valence-electron chi connectivity index (χ2n) is 8.36. The number of aromatic nitrogens is 1. The first-order valence-electron chi connectivity index (χ1n) is 11.3. The van der Waals surface area contributed by atoms with E-state index in [1.54, 1.807) is 13.2 Å². The van der Waals surface area contributed by atoms with Crippen LogP contribution in [0, 0.1) is 11.3 Å². The number of hydrogen-bond acceptors (Lipinski definition) is 5. The third kappa shape index (κ3) is 5.15. The van der Waals surface area contributed by atoms with Crippen LogP contribution in [0.1, 0.15) is 42.6 Å². The van der Waals surface area contributed by atoms with Gasteiger partial charge in [-0.15, -0.1) is 0 Å². The minimum Gasteiger partial charge on any atom is -0.495 e. The number of nitriles is 1. The molecule has 0 unspecified atom stereocenters. The number of rotatable bonds is 7. The molecule has 1 fully saturated rings. The van der Waals surface area contributed by atoms with Gasteiger partial charge in [-0.05, 0) is 42.5 Å². The smallest absolute Gasteiger partial charge is 0.270 e. The van der Waals surface area contributed by atoms with Crippen LogP contribution in [0.2, 0.25) is 0 Å². The number of nitrogens with one attached hydrogen (secondary N) is 2. The first-order valence-corrected chi connectivity index (χ1v) is 11.3. The van der Waals surface area contributed by atoms with Crippen LogP contribution < -0.4 is 15.4 Å². The fourth-order valence-electron chi connectivity index (χ4n) is 4.27. The molecule has 6 heteroatoms. The van der Waals surface area contributed by atoms with Crippen molar-refractivity contribution in [3.63, 3.8) is 0 Å². The van der Waals surface area contributed by atoms with Crippen molar-refractivity contribution < 1.29 is 9.53 Å². The van der Waals surface area contributed by atoms with Crippen molar-refractivity contribution in [1.29, 1.82) is 5.26 Å². The number of ether oxygens (including phenoxy) is 1. The first-order chi connectivity index (χ1) is 16.1. The Bertz CT molecular complexity index is 1220. The molecule has 0 atom stereocenters. The highest BCUT2D eigenvalue weighted by Crippen LogP contribution is 2.35. The molecule has 0 saturated heterocycles. The lowest BCUT2D eigenvalue weighted by molar-refractivity contribution is 0.0923. The van der Waals surface area contributed by atoms with Crippen LogP contribution in [0.5, 0.6) is 5.75 Å². The normalized spacial score (nSPS) is 13.8. The van der Waals surface area contributed by atoms with Gasteiger partial charge in [-0.3, -0.25) is 4.79 Å². The summed E-state index contributed by atoms with van der Waals surface area (Å²) in [6.07, 6.45) is 5.64. The topological polar surface area (TPSA) is 87.0 Å².